The molecule has 0 bridgehead atoms. The van der Waals surface area contributed by atoms with Crippen molar-refractivity contribution in [1.29, 1.82) is 0 Å². The maximum Gasteiger partial charge on any atom is 1.00 e. The summed E-state index contributed by atoms with van der Waals surface area (Å²) in [6, 6.07) is 4.86. The van der Waals surface area contributed by atoms with Crippen molar-refractivity contribution in [1.82, 2.24) is 25.3 Å². The van der Waals surface area contributed by atoms with Crippen LogP contribution in [0.4, 0.5) is 11.6 Å². The number of amides is 1. The van der Waals surface area contributed by atoms with Gasteiger partial charge in [0.25, 0.3) is 11.5 Å². The maximum atomic E-state index is 12.3. The number of aromatic amines is 1. The summed E-state index contributed by atoms with van der Waals surface area (Å²) in [5.41, 5.74) is 6.47. The van der Waals surface area contributed by atoms with Crippen molar-refractivity contribution in [3.63, 3.8) is 0 Å². The van der Waals surface area contributed by atoms with Crippen molar-refractivity contribution in [3.05, 3.63) is 52.1 Å². The van der Waals surface area contributed by atoms with E-state index < -0.39 is 29.4 Å². The van der Waals surface area contributed by atoms with Crippen molar-refractivity contribution in [2.75, 3.05) is 11.1 Å². The third-order valence-electron chi connectivity index (χ3n) is 4.36. The standard InChI is InChI=1S/C19H19N7O6.K.H/c20-19-25-15-14(17(30)26-19)23-11(8-22-15)7-21-10-3-1-9(2-4-10)16(29)24-12(18(31)32)5-6-13(27)28;;/h1-4,8,12,21H,5-7H2,(H,24,29)(H,27,28)(H,31,32)(H3,20,22,25,26,30);;/q;+1;-1. The minimum atomic E-state index is -1.31. The second-order valence-electron chi connectivity index (χ2n) is 6.71. The Balaban J connectivity index is 0.00000289. The normalized spacial score (nSPS) is 11.3. The van der Waals surface area contributed by atoms with Crippen molar-refractivity contribution in [2.24, 2.45) is 0 Å². The van der Waals surface area contributed by atoms with Gasteiger partial charge < -0.3 is 28.0 Å². The average Bonchev–Trinajstić information content (AvgIpc) is 2.75. The number of nitrogens with one attached hydrogen (secondary N) is 3. The van der Waals surface area contributed by atoms with Crippen LogP contribution in [0.25, 0.3) is 11.2 Å². The Labute approximate surface area is 230 Å². The number of carbonyl (C=O) groups is 3. The van der Waals surface area contributed by atoms with Crippen LogP contribution in [0.15, 0.2) is 35.3 Å². The van der Waals surface area contributed by atoms with Gasteiger partial charge in [-0.2, -0.15) is 4.98 Å². The van der Waals surface area contributed by atoms with Crippen LogP contribution in [0, 0.1) is 0 Å². The molecule has 2 heterocycles. The minimum Gasteiger partial charge on any atom is -1.00 e. The van der Waals surface area contributed by atoms with E-state index in [1.807, 2.05) is 0 Å². The molecular weight excluding hydrogens is 461 g/mol. The van der Waals surface area contributed by atoms with Crippen LogP contribution in [0.2, 0.25) is 0 Å². The number of hydrogen-bond donors (Lipinski definition) is 6. The summed E-state index contributed by atoms with van der Waals surface area (Å²) >= 11 is 0. The molecule has 33 heavy (non-hydrogen) atoms. The van der Waals surface area contributed by atoms with Gasteiger partial charge in [-0.1, -0.05) is 0 Å². The number of anilines is 2. The number of nitrogens with two attached hydrogens (primary N) is 1. The van der Waals surface area contributed by atoms with Crippen LogP contribution in [0.5, 0.6) is 0 Å². The van der Waals surface area contributed by atoms with E-state index in [0.717, 1.165) is 0 Å². The first-order valence-corrected chi connectivity index (χ1v) is 9.33. The molecule has 1 unspecified atom stereocenters. The van der Waals surface area contributed by atoms with Crippen molar-refractivity contribution in [3.8, 4) is 0 Å². The van der Waals surface area contributed by atoms with Gasteiger partial charge in [-0.05, 0) is 30.7 Å². The number of hydrogen-bond acceptors (Lipinski definition) is 9. The van der Waals surface area contributed by atoms with Crippen LogP contribution in [-0.2, 0) is 16.1 Å². The summed E-state index contributed by atoms with van der Waals surface area (Å²) in [6.07, 6.45) is 0.840. The fraction of sp³-hybridized carbons (Fsp3) is 0.211. The molecule has 168 valence electrons. The molecule has 0 aliphatic rings. The van der Waals surface area contributed by atoms with E-state index >= 15 is 0 Å². The third-order valence-corrected chi connectivity index (χ3v) is 4.36. The summed E-state index contributed by atoms with van der Waals surface area (Å²) in [4.78, 5) is 60.6. The largest absolute Gasteiger partial charge is 1.00 e. The third kappa shape index (κ3) is 7.29. The van der Waals surface area contributed by atoms with E-state index in [9.17, 15) is 19.2 Å². The molecule has 1 atom stereocenters. The van der Waals surface area contributed by atoms with Crippen molar-refractivity contribution >= 4 is 40.6 Å². The number of nitrogens with zero attached hydrogens (tertiary/aromatic N) is 3. The van der Waals surface area contributed by atoms with Crippen LogP contribution < -0.4 is 73.3 Å². The van der Waals surface area contributed by atoms with Gasteiger partial charge in [0.05, 0.1) is 18.4 Å². The summed E-state index contributed by atoms with van der Waals surface area (Å²) in [5.74, 6) is -3.16. The molecule has 14 heteroatoms. The number of carbonyl (C=O) groups excluding carboxylic acids is 1. The van der Waals surface area contributed by atoms with E-state index in [2.05, 4.69) is 30.6 Å². The molecule has 0 aliphatic carbocycles. The second kappa shape index (κ2) is 11.8. The first kappa shape index (κ1) is 26.3. The SMILES string of the molecule is Nc1nc2ncc(CNc3ccc(C(=O)NC(CCC(=O)O)C(=O)O)cc3)nc2c(=O)[nH]1.[H-].[K+]. The van der Waals surface area contributed by atoms with Gasteiger partial charge in [0.2, 0.25) is 5.95 Å². The molecule has 0 aliphatic heterocycles. The summed E-state index contributed by atoms with van der Waals surface area (Å²) in [5, 5.41) is 23.2. The zero-order chi connectivity index (χ0) is 23.3. The Morgan fingerprint density at radius 1 is 1.15 bits per heavy atom. The quantitative estimate of drug-likeness (QED) is 0.170. The van der Waals surface area contributed by atoms with Crippen molar-refractivity contribution in [2.45, 2.75) is 25.4 Å². The number of fused-ring (bicyclic) bond motifs is 1. The molecule has 3 aromatic rings. The van der Waals surface area contributed by atoms with Gasteiger partial charge in [0.15, 0.2) is 11.2 Å². The fourth-order valence-corrected chi connectivity index (χ4v) is 2.75. The maximum absolute atomic E-state index is 12.3. The number of H-pyrrole nitrogens is 1. The molecule has 3 rings (SSSR count). The van der Waals surface area contributed by atoms with E-state index in [-0.39, 0.29) is 94.9 Å². The van der Waals surface area contributed by atoms with E-state index in [1.165, 1.54) is 18.3 Å². The molecule has 0 fully saturated rings. The minimum absolute atomic E-state index is 0. The second-order valence-corrected chi connectivity index (χ2v) is 6.71. The molecule has 0 radical (unpaired) electrons. The predicted octanol–water partition coefficient (Wildman–Crippen LogP) is -2.93. The van der Waals surface area contributed by atoms with Gasteiger partial charge in [-0.25, -0.2) is 14.8 Å². The van der Waals surface area contributed by atoms with Gasteiger partial charge >= 0.3 is 63.3 Å². The zero-order valence-corrected chi connectivity index (χ0v) is 20.7. The number of aromatic nitrogens is 4. The Hall–Kier alpha value is -2.91. The molecule has 7 N–H and O–H groups in total. The molecule has 0 saturated carbocycles. The van der Waals surface area contributed by atoms with Gasteiger partial charge in [-0.3, -0.25) is 19.4 Å². The summed E-state index contributed by atoms with van der Waals surface area (Å²) < 4.78 is 0. The van der Waals surface area contributed by atoms with E-state index in [0.29, 0.717) is 11.4 Å². The number of rotatable bonds is 9. The fourth-order valence-electron chi connectivity index (χ4n) is 2.75. The van der Waals surface area contributed by atoms with Crippen molar-refractivity contribution < 1.29 is 77.4 Å². The summed E-state index contributed by atoms with van der Waals surface area (Å²) in [6.45, 7) is 0.231. The van der Waals surface area contributed by atoms with Gasteiger partial charge in [0, 0.05) is 17.7 Å². The monoisotopic (exact) mass is 481 g/mol. The number of aliphatic carboxylic acids is 2. The molecule has 13 nitrogen and oxygen atoms in total. The Bertz CT molecular complexity index is 1240. The number of carboxylic acid groups (broad SMARTS) is 2. The van der Waals surface area contributed by atoms with Crippen LogP contribution in [-0.4, -0.2) is 54.0 Å². The first-order chi connectivity index (χ1) is 15.2. The van der Waals surface area contributed by atoms with Crippen LogP contribution >= 0.6 is 0 Å². The Kier molecular flexibility index (Phi) is 9.42. The molecule has 1 aromatic carbocycles. The number of benzene rings is 1. The smallest absolute Gasteiger partial charge is 1.00 e. The molecule has 1 amide bonds. The average molecular weight is 482 g/mol. The molecule has 2 aromatic heterocycles. The predicted molar refractivity (Wildman–Crippen MR) is 113 cm³/mol. The van der Waals surface area contributed by atoms with E-state index in [1.54, 1.807) is 12.1 Å². The Morgan fingerprint density at radius 2 is 1.85 bits per heavy atom. The zero-order valence-electron chi connectivity index (χ0n) is 18.5. The number of carboxylic acids is 2. The molecule has 0 spiro atoms. The van der Waals surface area contributed by atoms with E-state index in [4.69, 9.17) is 15.9 Å². The number of nitrogen functional groups attached to an aromatic ring is 1. The summed E-state index contributed by atoms with van der Waals surface area (Å²) in [7, 11) is 0. The van der Waals surface area contributed by atoms with Gasteiger partial charge in [0.1, 0.15) is 6.04 Å². The van der Waals surface area contributed by atoms with Gasteiger partial charge in [-0.15, -0.1) is 0 Å². The molecule has 0 saturated heterocycles. The van der Waals surface area contributed by atoms with Crippen LogP contribution in [0.1, 0.15) is 30.3 Å². The Morgan fingerprint density at radius 3 is 2.48 bits per heavy atom. The van der Waals surface area contributed by atoms with Crippen LogP contribution in [0.3, 0.4) is 0 Å². The molecular formula is C19H20KN7O6. The topological polar surface area (TPSA) is 213 Å². The first-order valence-electron chi connectivity index (χ1n) is 9.33.